The summed E-state index contributed by atoms with van der Waals surface area (Å²) in [7, 11) is 1.55. The minimum Gasteiger partial charge on any atom is -0.481 e. The summed E-state index contributed by atoms with van der Waals surface area (Å²) in [5.41, 5.74) is 3.70. The molecule has 6 heteroatoms. The van der Waals surface area contributed by atoms with Crippen LogP contribution in [0.25, 0.3) is 0 Å². The van der Waals surface area contributed by atoms with Gasteiger partial charge in [-0.05, 0) is 54.7 Å². The molecule has 0 fully saturated rings. The molecular weight excluding hydrogens is 368 g/mol. The molecule has 6 nitrogen and oxygen atoms in total. The van der Waals surface area contributed by atoms with E-state index in [4.69, 9.17) is 0 Å². The molecule has 0 radical (unpaired) electrons. The average molecular weight is 403 g/mol. The minimum atomic E-state index is -1.00. The highest BCUT2D eigenvalue weighted by atomic mass is 16.4. The van der Waals surface area contributed by atoms with Gasteiger partial charge in [0.25, 0.3) is 0 Å². The van der Waals surface area contributed by atoms with E-state index >= 15 is 0 Å². The number of rotatable bonds is 9. The SMILES string of the molecule is CNC(=O)[C@H](Cc1cccc2c1CCCC2)NC(=O)[C@H](CC(C)C)C(C)C(=O)O. The first-order valence-electron chi connectivity index (χ1n) is 10.6. The van der Waals surface area contributed by atoms with Gasteiger partial charge in [-0.2, -0.15) is 0 Å². The lowest BCUT2D eigenvalue weighted by Gasteiger charge is -2.26. The molecule has 29 heavy (non-hydrogen) atoms. The van der Waals surface area contributed by atoms with Crippen LogP contribution in [0.2, 0.25) is 0 Å². The average Bonchev–Trinajstić information content (AvgIpc) is 2.70. The summed E-state index contributed by atoms with van der Waals surface area (Å²) in [6.45, 7) is 5.47. The van der Waals surface area contributed by atoms with Crippen molar-refractivity contribution < 1.29 is 19.5 Å². The number of nitrogens with one attached hydrogen (secondary N) is 2. The van der Waals surface area contributed by atoms with Gasteiger partial charge in [-0.3, -0.25) is 14.4 Å². The Bertz CT molecular complexity index is 744. The van der Waals surface area contributed by atoms with Crippen LogP contribution in [0, 0.1) is 17.8 Å². The highest BCUT2D eigenvalue weighted by Crippen LogP contribution is 2.26. The predicted octanol–water partition coefficient (Wildman–Crippen LogP) is 2.72. The molecule has 2 rings (SSSR count). The van der Waals surface area contributed by atoms with Crippen LogP contribution in [0.5, 0.6) is 0 Å². The van der Waals surface area contributed by atoms with Gasteiger partial charge in [0.2, 0.25) is 11.8 Å². The fourth-order valence-electron chi connectivity index (χ4n) is 4.15. The Hall–Kier alpha value is -2.37. The summed E-state index contributed by atoms with van der Waals surface area (Å²) in [4.78, 5) is 37.0. The number of amides is 2. The van der Waals surface area contributed by atoms with Crippen molar-refractivity contribution in [3.8, 4) is 0 Å². The smallest absolute Gasteiger partial charge is 0.307 e. The first-order chi connectivity index (χ1) is 13.7. The summed E-state index contributed by atoms with van der Waals surface area (Å²) < 4.78 is 0. The van der Waals surface area contributed by atoms with Gasteiger partial charge in [0.05, 0.1) is 11.8 Å². The molecule has 1 aliphatic carbocycles. The number of carbonyl (C=O) groups is 3. The molecule has 1 aromatic carbocycles. The van der Waals surface area contributed by atoms with Gasteiger partial charge in [0.1, 0.15) is 6.04 Å². The number of carboxylic acid groups (broad SMARTS) is 1. The van der Waals surface area contributed by atoms with Crippen LogP contribution in [-0.2, 0) is 33.6 Å². The molecule has 0 aromatic heterocycles. The maximum absolute atomic E-state index is 13.0. The minimum absolute atomic E-state index is 0.173. The third-order valence-corrected chi connectivity index (χ3v) is 5.85. The van der Waals surface area contributed by atoms with E-state index in [1.807, 2.05) is 26.0 Å². The predicted molar refractivity (Wildman–Crippen MR) is 113 cm³/mol. The van der Waals surface area contributed by atoms with E-state index in [9.17, 15) is 19.5 Å². The van der Waals surface area contributed by atoms with E-state index in [0.717, 1.165) is 24.8 Å². The van der Waals surface area contributed by atoms with Crippen LogP contribution in [0.15, 0.2) is 18.2 Å². The summed E-state index contributed by atoms with van der Waals surface area (Å²) in [6.07, 6.45) is 5.22. The zero-order valence-corrected chi connectivity index (χ0v) is 18.0. The van der Waals surface area contributed by atoms with Crippen LogP contribution in [0.1, 0.15) is 56.7 Å². The van der Waals surface area contributed by atoms with Crippen LogP contribution in [-0.4, -0.2) is 36.0 Å². The molecule has 1 unspecified atom stereocenters. The van der Waals surface area contributed by atoms with Gasteiger partial charge in [-0.15, -0.1) is 0 Å². The molecule has 1 aromatic rings. The van der Waals surface area contributed by atoms with E-state index in [1.54, 1.807) is 14.0 Å². The second kappa shape index (κ2) is 10.4. The van der Waals surface area contributed by atoms with Crippen molar-refractivity contribution in [2.45, 2.75) is 65.3 Å². The Balaban J connectivity index is 2.23. The number of hydrogen-bond donors (Lipinski definition) is 3. The van der Waals surface area contributed by atoms with Gasteiger partial charge >= 0.3 is 5.97 Å². The number of carbonyl (C=O) groups excluding carboxylic acids is 2. The molecule has 2 amide bonds. The van der Waals surface area contributed by atoms with E-state index in [2.05, 4.69) is 16.7 Å². The molecule has 0 saturated heterocycles. The van der Waals surface area contributed by atoms with Crippen molar-refractivity contribution in [1.82, 2.24) is 10.6 Å². The topological polar surface area (TPSA) is 95.5 Å². The zero-order chi connectivity index (χ0) is 21.6. The highest BCUT2D eigenvalue weighted by molar-refractivity contribution is 5.90. The van der Waals surface area contributed by atoms with Crippen molar-refractivity contribution in [2.24, 2.45) is 17.8 Å². The Morgan fingerprint density at radius 3 is 2.38 bits per heavy atom. The van der Waals surface area contributed by atoms with Gasteiger partial charge < -0.3 is 15.7 Å². The highest BCUT2D eigenvalue weighted by Gasteiger charge is 2.33. The summed E-state index contributed by atoms with van der Waals surface area (Å²) in [6, 6.07) is 5.45. The zero-order valence-electron chi connectivity index (χ0n) is 18.0. The quantitative estimate of drug-likeness (QED) is 0.592. The second-order valence-corrected chi connectivity index (χ2v) is 8.50. The van der Waals surface area contributed by atoms with Crippen molar-refractivity contribution in [3.05, 3.63) is 34.9 Å². The molecule has 3 atom stereocenters. The number of aryl methyl sites for hydroxylation is 1. The fourth-order valence-corrected chi connectivity index (χ4v) is 4.15. The van der Waals surface area contributed by atoms with Crippen LogP contribution >= 0.6 is 0 Å². The van der Waals surface area contributed by atoms with Crippen molar-refractivity contribution in [2.75, 3.05) is 7.05 Å². The standard InChI is InChI=1S/C23H34N2O4/c1-14(2)12-19(15(3)23(28)29)21(26)25-20(22(27)24-4)13-17-10-7-9-16-8-5-6-11-18(16)17/h7,9-10,14-15,19-20H,5-6,8,11-13H2,1-4H3,(H,24,27)(H,25,26)(H,28,29)/t15?,19-,20+/m1/s1. The molecule has 3 N–H and O–H groups in total. The van der Waals surface area contributed by atoms with Gasteiger partial charge in [-0.1, -0.05) is 39.0 Å². The number of fused-ring (bicyclic) bond motifs is 1. The lowest BCUT2D eigenvalue weighted by molar-refractivity contribution is -0.147. The third kappa shape index (κ3) is 6.05. The third-order valence-electron chi connectivity index (χ3n) is 5.85. The van der Waals surface area contributed by atoms with Gasteiger partial charge in [0.15, 0.2) is 0 Å². The number of likely N-dealkylation sites (N-methyl/N-ethyl adjacent to an activating group) is 1. The first-order valence-corrected chi connectivity index (χ1v) is 10.6. The number of benzene rings is 1. The maximum Gasteiger partial charge on any atom is 0.307 e. The second-order valence-electron chi connectivity index (χ2n) is 8.50. The molecule has 160 valence electrons. The summed E-state index contributed by atoms with van der Waals surface area (Å²) >= 11 is 0. The molecule has 0 heterocycles. The summed E-state index contributed by atoms with van der Waals surface area (Å²) in [5.74, 6) is -2.95. The van der Waals surface area contributed by atoms with E-state index in [0.29, 0.717) is 12.8 Å². The molecular formula is C23H34N2O4. The van der Waals surface area contributed by atoms with Crippen LogP contribution in [0.4, 0.5) is 0 Å². The Labute approximate surface area is 173 Å². The fraction of sp³-hybridized carbons (Fsp3) is 0.609. The lowest BCUT2D eigenvalue weighted by atomic mass is 9.84. The number of hydrogen-bond acceptors (Lipinski definition) is 3. The Morgan fingerprint density at radius 1 is 1.07 bits per heavy atom. The number of aliphatic carboxylic acids is 1. The van der Waals surface area contributed by atoms with Gasteiger partial charge in [0, 0.05) is 13.5 Å². The normalized spacial score (nSPS) is 16.4. The van der Waals surface area contributed by atoms with Crippen molar-refractivity contribution in [1.29, 1.82) is 0 Å². The van der Waals surface area contributed by atoms with E-state index in [-0.39, 0.29) is 17.7 Å². The monoisotopic (exact) mass is 402 g/mol. The molecule has 0 bridgehead atoms. The summed E-state index contributed by atoms with van der Waals surface area (Å²) in [5, 5.41) is 14.9. The Kier molecular flexibility index (Phi) is 8.23. The van der Waals surface area contributed by atoms with Crippen molar-refractivity contribution in [3.63, 3.8) is 0 Å². The maximum atomic E-state index is 13.0. The van der Waals surface area contributed by atoms with Gasteiger partial charge in [-0.25, -0.2) is 0 Å². The molecule has 1 aliphatic rings. The molecule has 0 spiro atoms. The first kappa shape index (κ1) is 22.9. The largest absolute Gasteiger partial charge is 0.481 e. The molecule has 0 aliphatic heterocycles. The number of carboxylic acids is 1. The lowest BCUT2D eigenvalue weighted by Crippen LogP contribution is -2.50. The van der Waals surface area contributed by atoms with E-state index < -0.39 is 23.8 Å². The van der Waals surface area contributed by atoms with E-state index in [1.165, 1.54) is 17.5 Å². The van der Waals surface area contributed by atoms with Crippen molar-refractivity contribution >= 4 is 17.8 Å². The molecule has 0 saturated carbocycles. The van der Waals surface area contributed by atoms with Crippen LogP contribution < -0.4 is 10.6 Å². The van der Waals surface area contributed by atoms with Crippen LogP contribution in [0.3, 0.4) is 0 Å². The Morgan fingerprint density at radius 2 is 1.76 bits per heavy atom.